The van der Waals surface area contributed by atoms with Crippen molar-refractivity contribution < 1.29 is 19.1 Å². The maximum atomic E-state index is 12.1. The molecule has 102 valence electrons. The van der Waals surface area contributed by atoms with Crippen LogP contribution in [0.3, 0.4) is 0 Å². The van der Waals surface area contributed by atoms with Gasteiger partial charge in [-0.1, -0.05) is 0 Å². The lowest BCUT2D eigenvalue weighted by Gasteiger charge is -2.29. The summed E-state index contributed by atoms with van der Waals surface area (Å²) in [5, 5.41) is 0. The van der Waals surface area contributed by atoms with Gasteiger partial charge in [-0.25, -0.2) is 0 Å². The zero-order chi connectivity index (χ0) is 13.9. The van der Waals surface area contributed by atoms with Gasteiger partial charge in [0.05, 0.1) is 0 Å². The molecule has 0 saturated heterocycles. The lowest BCUT2D eigenvalue weighted by molar-refractivity contribution is -0.164. The van der Waals surface area contributed by atoms with E-state index in [9.17, 15) is 14.4 Å². The number of carbonyl (C=O) groups is 3. The predicted molar refractivity (Wildman–Crippen MR) is 67.0 cm³/mol. The molecule has 0 aromatic carbocycles. The monoisotopic (exact) mass is 254 g/mol. The Morgan fingerprint density at radius 2 is 1.94 bits per heavy atom. The fourth-order valence-corrected chi connectivity index (χ4v) is 2.40. The quantitative estimate of drug-likeness (QED) is 0.572. The minimum absolute atomic E-state index is 0.140. The summed E-state index contributed by atoms with van der Waals surface area (Å²) < 4.78 is 5.28. The van der Waals surface area contributed by atoms with Crippen LogP contribution in [0.4, 0.5) is 0 Å². The Morgan fingerprint density at radius 3 is 2.39 bits per heavy atom. The summed E-state index contributed by atoms with van der Waals surface area (Å²) in [5.74, 6) is -1.52. The number of Topliss-reactive ketones (excluding diaryl/α,β-unsaturated/α-hetero) is 2. The predicted octanol–water partition coefficient (Wildman–Crippen LogP) is 2.29. The molecule has 0 heterocycles. The average molecular weight is 254 g/mol. The fraction of sp³-hybridized carbons (Fsp3) is 0.786. The van der Waals surface area contributed by atoms with Gasteiger partial charge in [0.1, 0.15) is 23.1 Å². The zero-order valence-electron chi connectivity index (χ0n) is 11.6. The third kappa shape index (κ3) is 4.24. The average Bonchev–Trinajstić information content (AvgIpc) is 2.13. The third-order valence-corrected chi connectivity index (χ3v) is 3.09. The van der Waals surface area contributed by atoms with E-state index < -0.39 is 17.5 Å². The molecule has 0 aromatic heterocycles. The van der Waals surface area contributed by atoms with Gasteiger partial charge in [0.15, 0.2) is 0 Å². The van der Waals surface area contributed by atoms with E-state index in [2.05, 4.69) is 0 Å². The van der Waals surface area contributed by atoms with Gasteiger partial charge >= 0.3 is 5.97 Å². The summed E-state index contributed by atoms with van der Waals surface area (Å²) in [6.45, 7) is 6.71. The minimum atomic E-state index is -0.784. The SMILES string of the molecule is CC(=O)C(C(=O)OC(C)(C)C)[C@@H]1CCCC(=O)C1. The van der Waals surface area contributed by atoms with Crippen LogP contribution < -0.4 is 0 Å². The largest absolute Gasteiger partial charge is 0.459 e. The molecule has 1 aliphatic rings. The summed E-state index contributed by atoms with van der Waals surface area (Å²) in [5.41, 5.74) is -0.608. The Labute approximate surface area is 108 Å². The second-order valence-electron chi connectivity index (χ2n) is 6.02. The van der Waals surface area contributed by atoms with Crippen molar-refractivity contribution >= 4 is 17.5 Å². The summed E-state index contributed by atoms with van der Waals surface area (Å²) in [6.07, 6.45) is 2.39. The highest BCUT2D eigenvalue weighted by Crippen LogP contribution is 2.30. The number of esters is 1. The van der Waals surface area contributed by atoms with Crippen molar-refractivity contribution in [1.82, 2.24) is 0 Å². The maximum Gasteiger partial charge on any atom is 0.317 e. The Bertz CT molecular complexity index is 351. The highest BCUT2D eigenvalue weighted by molar-refractivity contribution is 5.98. The fourth-order valence-electron chi connectivity index (χ4n) is 2.40. The van der Waals surface area contributed by atoms with E-state index in [4.69, 9.17) is 4.74 Å². The van der Waals surface area contributed by atoms with Crippen LogP contribution in [0.5, 0.6) is 0 Å². The van der Waals surface area contributed by atoms with Gasteiger partial charge in [-0.15, -0.1) is 0 Å². The van der Waals surface area contributed by atoms with E-state index in [1.165, 1.54) is 6.92 Å². The van der Waals surface area contributed by atoms with Crippen LogP contribution >= 0.6 is 0 Å². The molecule has 4 heteroatoms. The molecule has 4 nitrogen and oxygen atoms in total. The van der Waals surface area contributed by atoms with Crippen molar-refractivity contribution in [1.29, 1.82) is 0 Å². The number of carbonyl (C=O) groups excluding carboxylic acids is 3. The van der Waals surface area contributed by atoms with Gasteiger partial charge in [-0.3, -0.25) is 14.4 Å². The van der Waals surface area contributed by atoms with Crippen LogP contribution in [-0.4, -0.2) is 23.1 Å². The molecule has 0 N–H and O–H groups in total. The molecule has 1 saturated carbocycles. The highest BCUT2D eigenvalue weighted by Gasteiger charge is 2.37. The smallest absolute Gasteiger partial charge is 0.317 e. The van der Waals surface area contributed by atoms with E-state index >= 15 is 0 Å². The molecule has 0 radical (unpaired) electrons. The van der Waals surface area contributed by atoms with Crippen molar-refractivity contribution in [2.24, 2.45) is 11.8 Å². The Hall–Kier alpha value is -1.19. The summed E-state index contributed by atoms with van der Waals surface area (Å²) in [4.78, 5) is 35.2. The Kier molecular flexibility index (Phi) is 4.65. The van der Waals surface area contributed by atoms with Crippen LogP contribution in [0.1, 0.15) is 53.4 Å². The molecule has 0 aliphatic heterocycles. The molecule has 1 fully saturated rings. The zero-order valence-corrected chi connectivity index (χ0v) is 11.6. The molecular formula is C14H22O4. The first-order valence-corrected chi connectivity index (χ1v) is 6.45. The summed E-state index contributed by atoms with van der Waals surface area (Å²) in [7, 11) is 0. The van der Waals surface area contributed by atoms with Gasteiger partial charge in [-0.05, 0) is 46.5 Å². The molecule has 0 bridgehead atoms. The molecule has 18 heavy (non-hydrogen) atoms. The molecule has 1 aliphatic carbocycles. The van der Waals surface area contributed by atoms with E-state index in [0.717, 1.165) is 12.8 Å². The van der Waals surface area contributed by atoms with Crippen LogP contribution in [0.15, 0.2) is 0 Å². The van der Waals surface area contributed by atoms with Crippen molar-refractivity contribution in [2.75, 3.05) is 0 Å². The Balaban J connectivity index is 2.79. The Morgan fingerprint density at radius 1 is 1.33 bits per heavy atom. The molecule has 0 spiro atoms. The number of rotatable bonds is 3. The first-order chi connectivity index (χ1) is 8.20. The lowest BCUT2D eigenvalue weighted by atomic mass is 9.78. The third-order valence-electron chi connectivity index (χ3n) is 3.09. The summed E-state index contributed by atoms with van der Waals surface area (Å²) >= 11 is 0. The second kappa shape index (κ2) is 5.63. The lowest BCUT2D eigenvalue weighted by Crippen LogP contribution is -2.38. The number of hydrogen-bond acceptors (Lipinski definition) is 4. The first-order valence-electron chi connectivity index (χ1n) is 6.45. The number of ether oxygens (including phenoxy) is 1. The van der Waals surface area contributed by atoms with Crippen molar-refractivity contribution in [3.63, 3.8) is 0 Å². The van der Waals surface area contributed by atoms with Crippen LogP contribution in [0.2, 0.25) is 0 Å². The van der Waals surface area contributed by atoms with Crippen LogP contribution in [0, 0.1) is 11.8 Å². The molecular weight excluding hydrogens is 232 g/mol. The topological polar surface area (TPSA) is 60.4 Å². The van der Waals surface area contributed by atoms with Gasteiger partial charge in [0.2, 0.25) is 0 Å². The number of hydrogen-bond donors (Lipinski definition) is 0. The van der Waals surface area contributed by atoms with Gasteiger partial charge < -0.3 is 4.74 Å². The molecule has 2 atom stereocenters. The van der Waals surface area contributed by atoms with Crippen molar-refractivity contribution in [2.45, 2.75) is 59.0 Å². The molecule has 1 rings (SSSR count). The highest BCUT2D eigenvalue weighted by atomic mass is 16.6. The molecule has 0 amide bonds. The maximum absolute atomic E-state index is 12.1. The van der Waals surface area contributed by atoms with Crippen LogP contribution in [-0.2, 0) is 19.1 Å². The second-order valence-corrected chi connectivity index (χ2v) is 6.02. The van der Waals surface area contributed by atoms with Gasteiger partial charge in [0, 0.05) is 12.8 Å². The van der Waals surface area contributed by atoms with Crippen molar-refractivity contribution in [3.8, 4) is 0 Å². The molecule has 0 aromatic rings. The standard InChI is InChI=1S/C14H22O4/c1-9(15)12(13(17)18-14(2,3)4)10-6-5-7-11(16)8-10/h10,12H,5-8H2,1-4H3/t10-,12?/m1/s1. The van der Waals surface area contributed by atoms with Gasteiger partial charge in [-0.2, -0.15) is 0 Å². The van der Waals surface area contributed by atoms with Gasteiger partial charge in [0.25, 0.3) is 0 Å². The van der Waals surface area contributed by atoms with E-state index in [1.54, 1.807) is 20.8 Å². The first kappa shape index (κ1) is 14.9. The summed E-state index contributed by atoms with van der Waals surface area (Å²) in [6, 6.07) is 0. The number of ketones is 2. The molecule has 1 unspecified atom stereocenters. The van der Waals surface area contributed by atoms with E-state index in [1.807, 2.05) is 0 Å². The normalized spacial score (nSPS) is 22.4. The van der Waals surface area contributed by atoms with E-state index in [-0.39, 0.29) is 17.5 Å². The minimum Gasteiger partial charge on any atom is -0.459 e. The van der Waals surface area contributed by atoms with E-state index in [0.29, 0.717) is 12.8 Å². The van der Waals surface area contributed by atoms with Crippen LogP contribution in [0.25, 0.3) is 0 Å². The van der Waals surface area contributed by atoms with Crippen molar-refractivity contribution in [3.05, 3.63) is 0 Å².